The SMILES string of the molecule is C=S1(=O)NC(=O)c2ccc3c(c2)N(C[C@@H]2CC[C@H]2[C@](O)(CN2CCc4ccncc4C2)CCC[C@H](C)[C@H]1C)C[C@@]1(CCCc2cc(Cl)ccc21)CO3. The van der Waals surface area contributed by atoms with E-state index >= 15 is 0 Å². The number of anilines is 1. The second-order valence-electron chi connectivity index (χ2n) is 16.7. The third-order valence-corrected chi connectivity index (χ3v) is 15.8. The smallest absolute Gasteiger partial charge is 0.262 e. The molecule has 3 aliphatic heterocycles. The van der Waals surface area contributed by atoms with E-state index in [1.54, 1.807) is 6.07 Å². The maximum absolute atomic E-state index is 14.0. The monoisotopic (exact) mass is 744 g/mol. The molecule has 4 heterocycles. The molecule has 8 rings (SSSR count). The van der Waals surface area contributed by atoms with Gasteiger partial charge in [0.15, 0.2) is 0 Å². The first-order valence-corrected chi connectivity index (χ1v) is 21.5. The molecule has 1 aromatic heterocycles. The fourth-order valence-electron chi connectivity index (χ4n) is 10.0. The number of aliphatic hydroxyl groups is 1. The largest absolute Gasteiger partial charge is 0.490 e. The van der Waals surface area contributed by atoms with Gasteiger partial charge >= 0.3 is 0 Å². The summed E-state index contributed by atoms with van der Waals surface area (Å²) < 4.78 is 23.6. The van der Waals surface area contributed by atoms with Gasteiger partial charge in [-0.1, -0.05) is 31.0 Å². The molecule has 2 bridgehead atoms. The summed E-state index contributed by atoms with van der Waals surface area (Å²) in [5.41, 5.74) is 5.38. The van der Waals surface area contributed by atoms with Gasteiger partial charge in [0.2, 0.25) is 0 Å². The number of halogens is 1. The average Bonchev–Trinajstić information content (AvgIpc) is 3.25. The summed E-state index contributed by atoms with van der Waals surface area (Å²) >= 11 is 6.50. The van der Waals surface area contributed by atoms with Crippen molar-refractivity contribution in [2.75, 3.05) is 37.7 Å². The van der Waals surface area contributed by atoms with E-state index < -0.39 is 15.3 Å². The summed E-state index contributed by atoms with van der Waals surface area (Å²) in [6.45, 7) is 8.37. The lowest BCUT2D eigenvalue weighted by atomic mass is 9.62. The van der Waals surface area contributed by atoms with Crippen molar-refractivity contribution >= 4 is 38.8 Å². The lowest BCUT2D eigenvalue weighted by molar-refractivity contribution is -0.107. The zero-order valence-electron chi connectivity index (χ0n) is 30.6. The van der Waals surface area contributed by atoms with Gasteiger partial charge < -0.3 is 14.7 Å². The molecule has 0 radical (unpaired) electrons. The van der Waals surface area contributed by atoms with Crippen LogP contribution in [0.1, 0.15) is 91.4 Å². The first kappa shape index (κ1) is 35.9. The van der Waals surface area contributed by atoms with E-state index in [1.807, 2.05) is 37.5 Å². The maximum Gasteiger partial charge on any atom is 0.262 e. The standard InChI is InChI=1S/C42H53ClN4O4S/c1-28-6-4-17-42(49,26-46-19-15-30-14-18-44-22-34(30)23-46)37-11-8-33(37)24-47-25-41(16-5-7-31-20-35(43)10-12-36(31)41)27-51-39-13-9-32(21-38(39)47)40(48)45-52(3,50)29(28)2/h9-10,12-14,18,20-22,28-29,33,37,49H,3-8,11,15-17,19,23-27H2,1-2H3,(H,45,48,50)/t28-,29+,33-,37+,41-,42+,52?/m0/s1. The van der Waals surface area contributed by atoms with E-state index in [-0.39, 0.29) is 34.3 Å². The Labute approximate surface area is 314 Å². The Balaban J connectivity index is 1.17. The van der Waals surface area contributed by atoms with Crippen LogP contribution in [-0.4, -0.2) is 74.6 Å². The van der Waals surface area contributed by atoms with Gasteiger partial charge in [-0.3, -0.25) is 19.4 Å². The number of rotatable bonds is 2. The van der Waals surface area contributed by atoms with E-state index in [4.69, 9.17) is 16.3 Å². The molecule has 1 spiro atoms. The molecule has 5 aliphatic rings. The van der Waals surface area contributed by atoms with Crippen LogP contribution in [0, 0.1) is 17.8 Å². The van der Waals surface area contributed by atoms with Crippen LogP contribution in [0.4, 0.5) is 5.69 Å². The number of fused-ring (bicyclic) bond motifs is 5. The van der Waals surface area contributed by atoms with E-state index in [0.29, 0.717) is 25.1 Å². The normalized spacial score (nSPS) is 33.8. The van der Waals surface area contributed by atoms with Crippen molar-refractivity contribution in [2.24, 2.45) is 17.8 Å². The van der Waals surface area contributed by atoms with Gasteiger partial charge in [0.25, 0.3) is 5.91 Å². The Bertz CT molecular complexity index is 1960. The van der Waals surface area contributed by atoms with Gasteiger partial charge in [0.1, 0.15) is 5.75 Å². The molecule has 10 heteroatoms. The van der Waals surface area contributed by atoms with E-state index in [1.165, 1.54) is 22.3 Å². The summed E-state index contributed by atoms with van der Waals surface area (Å²) in [5, 5.41) is 13.4. The maximum atomic E-state index is 14.0. The van der Waals surface area contributed by atoms with Crippen LogP contribution in [0.25, 0.3) is 0 Å². The van der Waals surface area contributed by atoms with Crippen molar-refractivity contribution in [3.05, 3.63) is 87.7 Å². The second kappa shape index (κ2) is 13.9. The van der Waals surface area contributed by atoms with Crippen molar-refractivity contribution in [1.29, 1.82) is 0 Å². The van der Waals surface area contributed by atoms with Crippen LogP contribution in [0.15, 0.2) is 54.9 Å². The Morgan fingerprint density at radius 1 is 1.06 bits per heavy atom. The highest BCUT2D eigenvalue weighted by molar-refractivity contribution is 7.99. The van der Waals surface area contributed by atoms with Crippen molar-refractivity contribution in [3.8, 4) is 5.75 Å². The van der Waals surface area contributed by atoms with E-state index in [9.17, 15) is 14.1 Å². The van der Waals surface area contributed by atoms with Crippen LogP contribution < -0.4 is 14.4 Å². The number of amides is 1. The Morgan fingerprint density at radius 3 is 2.75 bits per heavy atom. The third kappa shape index (κ3) is 6.76. The van der Waals surface area contributed by atoms with Crippen LogP contribution >= 0.6 is 11.6 Å². The molecule has 1 unspecified atom stereocenters. The molecule has 3 aromatic rings. The number of benzene rings is 2. The predicted octanol–water partition coefficient (Wildman–Crippen LogP) is 6.59. The molecule has 8 nitrogen and oxygen atoms in total. The van der Waals surface area contributed by atoms with Gasteiger partial charge in [-0.2, -0.15) is 0 Å². The molecule has 1 fully saturated rings. The number of aryl methyl sites for hydroxylation is 1. The Hall–Kier alpha value is -3.11. The van der Waals surface area contributed by atoms with Crippen molar-refractivity contribution < 1.29 is 18.8 Å². The lowest BCUT2D eigenvalue weighted by Crippen LogP contribution is -2.57. The van der Waals surface area contributed by atoms with Crippen LogP contribution in [0.2, 0.25) is 5.02 Å². The second-order valence-corrected chi connectivity index (χ2v) is 19.5. The minimum atomic E-state index is -2.96. The first-order valence-electron chi connectivity index (χ1n) is 19.3. The molecule has 278 valence electrons. The number of β-amino-alcohol motifs (C(OH)–C–C–N with tert-alkyl or cyclic N) is 1. The number of nitrogens with zero attached hydrogens (tertiary/aromatic N) is 3. The third-order valence-electron chi connectivity index (χ3n) is 13.4. The number of hydrogen-bond donors (Lipinski definition) is 2. The number of carbonyl (C=O) groups excluding carboxylic acids is 1. The van der Waals surface area contributed by atoms with E-state index in [0.717, 1.165) is 94.0 Å². The number of aromatic nitrogens is 1. The fourth-order valence-corrected chi connectivity index (χ4v) is 11.7. The molecule has 52 heavy (non-hydrogen) atoms. The van der Waals surface area contributed by atoms with Gasteiger partial charge in [-0.05, 0) is 141 Å². The molecular formula is C42H53ClN4O4S. The van der Waals surface area contributed by atoms with Gasteiger partial charge in [0.05, 0.1) is 27.6 Å². The molecular weight excluding hydrogens is 692 g/mol. The highest BCUT2D eigenvalue weighted by Crippen LogP contribution is 2.49. The quantitative estimate of drug-likeness (QED) is 0.286. The van der Waals surface area contributed by atoms with Gasteiger partial charge in [-0.25, -0.2) is 4.21 Å². The fraction of sp³-hybridized carbons (Fsp3) is 0.548. The summed E-state index contributed by atoms with van der Waals surface area (Å²) in [6.07, 6.45) is 12.2. The average molecular weight is 745 g/mol. The lowest BCUT2D eigenvalue weighted by Gasteiger charge is -2.51. The minimum Gasteiger partial charge on any atom is -0.490 e. The number of nitrogens with one attached hydrogen (secondary N) is 1. The zero-order valence-corrected chi connectivity index (χ0v) is 32.2. The Morgan fingerprint density at radius 2 is 1.92 bits per heavy atom. The molecule has 1 saturated carbocycles. The molecule has 1 amide bonds. The van der Waals surface area contributed by atoms with Crippen LogP contribution in [0.3, 0.4) is 0 Å². The zero-order chi connectivity index (χ0) is 36.3. The predicted molar refractivity (Wildman–Crippen MR) is 210 cm³/mol. The number of ether oxygens (including phenoxy) is 1. The highest BCUT2D eigenvalue weighted by Gasteiger charge is 2.49. The molecule has 2 N–H and O–H groups in total. The van der Waals surface area contributed by atoms with Gasteiger partial charge in [0, 0.05) is 66.4 Å². The Kier molecular flexibility index (Phi) is 9.63. The summed E-state index contributed by atoms with van der Waals surface area (Å²) in [7, 11) is -2.96. The van der Waals surface area contributed by atoms with Crippen molar-refractivity contribution in [3.63, 3.8) is 0 Å². The number of hydrogen-bond acceptors (Lipinski definition) is 7. The van der Waals surface area contributed by atoms with Gasteiger partial charge in [-0.15, -0.1) is 0 Å². The number of pyridine rings is 1. The summed E-state index contributed by atoms with van der Waals surface area (Å²) in [5.74, 6) is 4.89. The molecule has 0 saturated heterocycles. The van der Waals surface area contributed by atoms with E-state index in [2.05, 4.69) is 50.5 Å². The van der Waals surface area contributed by atoms with Crippen molar-refractivity contribution in [1.82, 2.24) is 14.6 Å². The topological polar surface area (TPSA) is 95.0 Å². The van der Waals surface area contributed by atoms with Crippen LogP contribution in [-0.2, 0) is 34.5 Å². The molecule has 2 aromatic carbocycles. The summed E-state index contributed by atoms with van der Waals surface area (Å²) in [4.78, 5) is 23.1. The highest BCUT2D eigenvalue weighted by atomic mass is 35.5. The van der Waals surface area contributed by atoms with Crippen LogP contribution in [0.5, 0.6) is 5.75 Å². The minimum absolute atomic E-state index is 0.0490. The summed E-state index contributed by atoms with van der Waals surface area (Å²) in [6, 6.07) is 14.0. The first-order chi connectivity index (χ1) is 24.9. The molecule has 2 aliphatic carbocycles. The van der Waals surface area contributed by atoms with Crippen molar-refractivity contribution in [2.45, 2.75) is 94.4 Å². The molecule has 7 atom stereocenters. The number of carbonyl (C=O) groups is 1.